The van der Waals surface area contributed by atoms with Gasteiger partial charge in [-0.25, -0.2) is 9.37 Å². The monoisotopic (exact) mass is 420 g/mol. The van der Waals surface area contributed by atoms with Gasteiger partial charge in [-0.05, 0) is 46.3 Å². The van der Waals surface area contributed by atoms with Gasteiger partial charge in [0.2, 0.25) is 5.91 Å². The Morgan fingerprint density at radius 2 is 2.00 bits per heavy atom. The lowest BCUT2D eigenvalue weighted by molar-refractivity contribution is -0.121. The van der Waals surface area contributed by atoms with Crippen molar-refractivity contribution in [1.82, 2.24) is 20.8 Å². The van der Waals surface area contributed by atoms with Crippen LogP contribution in [0.4, 0.5) is 4.39 Å². The van der Waals surface area contributed by atoms with E-state index in [0.29, 0.717) is 22.9 Å². The van der Waals surface area contributed by atoms with Crippen molar-refractivity contribution in [3.63, 3.8) is 0 Å². The third kappa shape index (κ3) is 4.57. The number of amides is 2. The lowest BCUT2D eigenvalue weighted by atomic mass is 10.2. The maximum absolute atomic E-state index is 12.9. The Kier molecular flexibility index (Phi) is 5.47. The van der Waals surface area contributed by atoms with Crippen LogP contribution >= 0.6 is 15.9 Å². The summed E-state index contributed by atoms with van der Waals surface area (Å²) in [6.07, 6.45) is 3.47. The van der Waals surface area contributed by atoms with E-state index in [4.69, 9.17) is 4.42 Å². The smallest absolute Gasteiger partial charge is 0.286 e. The van der Waals surface area contributed by atoms with Crippen molar-refractivity contribution in [3.05, 3.63) is 64.6 Å². The highest BCUT2D eigenvalue weighted by molar-refractivity contribution is 9.10. The van der Waals surface area contributed by atoms with E-state index in [9.17, 15) is 14.0 Å². The van der Waals surface area contributed by atoms with Crippen LogP contribution in [0.3, 0.4) is 0 Å². The Morgan fingerprint density at radius 1 is 1.23 bits per heavy atom. The summed E-state index contributed by atoms with van der Waals surface area (Å²) < 4.78 is 19.2. The fourth-order valence-corrected chi connectivity index (χ4v) is 2.49. The van der Waals surface area contributed by atoms with Gasteiger partial charge in [0.15, 0.2) is 11.7 Å². The quantitative estimate of drug-likeness (QED) is 0.552. The molecule has 0 atom stereocenters. The molecule has 26 heavy (non-hydrogen) atoms. The average molecular weight is 421 g/mol. The SMILES string of the molecule is O=C(CCc1ncc(-c2ccc(F)cc2)o1)NNC(=O)c1cc(Br)c[nH]1. The molecule has 0 aliphatic rings. The van der Waals surface area contributed by atoms with Crippen molar-refractivity contribution >= 4 is 27.7 Å². The molecule has 0 bridgehead atoms. The number of hydrazine groups is 1. The first-order valence-corrected chi connectivity index (χ1v) is 8.44. The third-order valence-corrected chi connectivity index (χ3v) is 3.91. The van der Waals surface area contributed by atoms with Crippen molar-refractivity contribution in [1.29, 1.82) is 0 Å². The molecule has 0 saturated carbocycles. The van der Waals surface area contributed by atoms with E-state index in [-0.39, 0.29) is 24.6 Å². The number of nitrogens with zero attached hydrogens (tertiary/aromatic N) is 1. The minimum atomic E-state index is -0.459. The zero-order valence-electron chi connectivity index (χ0n) is 13.4. The Balaban J connectivity index is 1.47. The molecule has 134 valence electrons. The normalized spacial score (nSPS) is 10.5. The molecule has 0 saturated heterocycles. The van der Waals surface area contributed by atoms with Gasteiger partial charge in [-0.15, -0.1) is 0 Å². The average Bonchev–Trinajstić information content (AvgIpc) is 3.27. The van der Waals surface area contributed by atoms with Crippen LogP contribution in [0.25, 0.3) is 11.3 Å². The van der Waals surface area contributed by atoms with Crippen LogP contribution in [0.2, 0.25) is 0 Å². The Bertz CT molecular complexity index is 920. The van der Waals surface area contributed by atoms with E-state index in [0.717, 1.165) is 4.47 Å². The Morgan fingerprint density at radius 3 is 2.69 bits per heavy atom. The van der Waals surface area contributed by atoms with Crippen LogP contribution < -0.4 is 10.9 Å². The second-order valence-corrected chi connectivity index (χ2v) is 6.27. The molecule has 3 rings (SSSR count). The highest BCUT2D eigenvalue weighted by atomic mass is 79.9. The van der Waals surface area contributed by atoms with Crippen molar-refractivity contribution in [2.45, 2.75) is 12.8 Å². The van der Waals surface area contributed by atoms with Gasteiger partial charge in [0.25, 0.3) is 5.91 Å². The van der Waals surface area contributed by atoms with Crippen molar-refractivity contribution in [2.75, 3.05) is 0 Å². The van der Waals surface area contributed by atoms with Gasteiger partial charge in [-0.2, -0.15) is 0 Å². The number of carbonyl (C=O) groups is 2. The fraction of sp³-hybridized carbons (Fsp3) is 0.118. The number of hydrogen-bond donors (Lipinski definition) is 3. The molecule has 0 spiro atoms. The molecule has 0 aliphatic heterocycles. The summed E-state index contributed by atoms with van der Waals surface area (Å²) in [7, 11) is 0. The number of aryl methyl sites for hydroxylation is 1. The van der Waals surface area contributed by atoms with Crippen LogP contribution in [0.1, 0.15) is 22.8 Å². The van der Waals surface area contributed by atoms with Gasteiger partial charge in [0, 0.05) is 29.1 Å². The molecule has 7 nitrogen and oxygen atoms in total. The summed E-state index contributed by atoms with van der Waals surface area (Å²) in [6.45, 7) is 0. The van der Waals surface area contributed by atoms with Crippen molar-refractivity contribution in [3.8, 4) is 11.3 Å². The third-order valence-electron chi connectivity index (χ3n) is 3.46. The largest absolute Gasteiger partial charge is 0.441 e. The molecule has 0 unspecified atom stereocenters. The summed E-state index contributed by atoms with van der Waals surface area (Å²) in [4.78, 5) is 30.4. The lowest BCUT2D eigenvalue weighted by Gasteiger charge is -2.05. The number of rotatable bonds is 5. The van der Waals surface area contributed by atoms with E-state index in [1.54, 1.807) is 24.4 Å². The first kappa shape index (κ1) is 17.9. The first-order valence-electron chi connectivity index (χ1n) is 7.65. The number of nitrogens with one attached hydrogen (secondary N) is 3. The minimum absolute atomic E-state index is 0.0814. The van der Waals surface area contributed by atoms with Crippen molar-refractivity contribution in [2.24, 2.45) is 0 Å². The van der Waals surface area contributed by atoms with Crippen LogP contribution in [-0.2, 0) is 11.2 Å². The summed E-state index contributed by atoms with van der Waals surface area (Å²) >= 11 is 3.22. The Labute approximate surface area is 156 Å². The number of aromatic nitrogens is 2. The number of hydrogen-bond acceptors (Lipinski definition) is 4. The standard InChI is InChI=1S/C17H14BrFN4O3/c18-11-7-13(20-8-11)17(25)23-22-15(24)5-6-16-21-9-14(26-16)10-1-3-12(19)4-2-10/h1-4,7-9,20H,5-6H2,(H,22,24)(H,23,25). The van der Waals surface area contributed by atoms with Crippen molar-refractivity contribution < 1.29 is 18.4 Å². The number of halogens is 2. The van der Waals surface area contributed by atoms with Gasteiger partial charge in [-0.3, -0.25) is 20.4 Å². The lowest BCUT2D eigenvalue weighted by Crippen LogP contribution is -2.41. The summed E-state index contributed by atoms with van der Waals surface area (Å²) in [5, 5.41) is 0. The zero-order chi connectivity index (χ0) is 18.5. The predicted molar refractivity (Wildman–Crippen MR) is 94.3 cm³/mol. The maximum atomic E-state index is 12.9. The molecule has 9 heteroatoms. The van der Waals surface area contributed by atoms with Crippen LogP contribution in [0, 0.1) is 5.82 Å². The zero-order valence-corrected chi connectivity index (χ0v) is 15.0. The second kappa shape index (κ2) is 7.96. The number of oxazole rings is 1. The van der Waals surface area contributed by atoms with Gasteiger partial charge < -0.3 is 9.40 Å². The summed E-state index contributed by atoms with van der Waals surface area (Å²) in [5.41, 5.74) is 5.64. The highest BCUT2D eigenvalue weighted by Crippen LogP contribution is 2.21. The number of aromatic amines is 1. The maximum Gasteiger partial charge on any atom is 0.286 e. The topological polar surface area (TPSA) is 100 Å². The summed E-state index contributed by atoms with van der Waals surface area (Å²) in [6, 6.07) is 7.42. The molecule has 3 aromatic rings. The summed E-state index contributed by atoms with van der Waals surface area (Å²) in [5.74, 6) is -0.312. The molecule has 2 heterocycles. The van der Waals surface area contributed by atoms with E-state index >= 15 is 0 Å². The van der Waals surface area contributed by atoms with E-state index in [2.05, 4.69) is 36.7 Å². The molecule has 2 aromatic heterocycles. The van der Waals surface area contributed by atoms with Crippen LogP contribution in [-0.4, -0.2) is 21.8 Å². The molecule has 0 fully saturated rings. The molecule has 0 radical (unpaired) electrons. The van der Waals surface area contributed by atoms with E-state index in [1.807, 2.05) is 0 Å². The first-order chi connectivity index (χ1) is 12.5. The molecule has 1 aromatic carbocycles. The fourth-order valence-electron chi connectivity index (χ4n) is 2.15. The number of H-pyrrole nitrogens is 1. The molecular formula is C17H14BrFN4O3. The molecule has 3 N–H and O–H groups in total. The van der Waals surface area contributed by atoms with Gasteiger partial charge in [-0.1, -0.05) is 0 Å². The van der Waals surface area contributed by atoms with Gasteiger partial charge in [0.05, 0.1) is 6.20 Å². The van der Waals surface area contributed by atoms with Gasteiger partial charge in [0.1, 0.15) is 11.5 Å². The Hall–Kier alpha value is -2.94. The molecule has 2 amide bonds. The van der Waals surface area contributed by atoms with Gasteiger partial charge >= 0.3 is 0 Å². The predicted octanol–water partition coefficient (Wildman–Crippen LogP) is 2.97. The molecule has 0 aliphatic carbocycles. The number of carbonyl (C=O) groups excluding carboxylic acids is 2. The van der Waals surface area contributed by atoms with Crippen LogP contribution in [0.15, 0.2) is 51.6 Å². The van der Waals surface area contributed by atoms with E-state index in [1.165, 1.54) is 18.3 Å². The van der Waals surface area contributed by atoms with Crippen LogP contribution in [0.5, 0.6) is 0 Å². The highest BCUT2D eigenvalue weighted by Gasteiger charge is 2.11. The second-order valence-electron chi connectivity index (χ2n) is 5.36. The minimum Gasteiger partial charge on any atom is -0.441 e. The molecular weight excluding hydrogens is 407 g/mol. The number of benzene rings is 1. The van der Waals surface area contributed by atoms with E-state index < -0.39 is 5.91 Å².